The van der Waals surface area contributed by atoms with Crippen molar-refractivity contribution >= 4 is 39.0 Å². The first-order valence-corrected chi connectivity index (χ1v) is 10.7. The second-order valence-corrected chi connectivity index (χ2v) is 8.71. The number of esters is 1. The fourth-order valence-corrected chi connectivity index (χ4v) is 4.04. The van der Waals surface area contributed by atoms with Crippen molar-refractivity contribution in [1.82, 2.24) is 9.78 Å². The number of nitrogens with zero attached hydrogens (tertiary/aromatic N) is 2. The Labute approximate surface area is 177 Å². The molecule has 10 heteroatoms. The average molecular weight is 455 g/mol. The van der Waals surface area contributed by atoms with Gasteiger partial charge in [0.2, 0.25) is 9.84 Å². The number of methoxy groups -OCH3 is 1. The number of rotatable bonds is 6. The smallest absolute Gasteiger partial charge is 0.303 e. The molecule has 0 unspecified atom stereocenters. The van der Waals surface area contributed by atoms with Crippen molar-refractivity contribution in [3.8, 4) is 22.7 Å². The van der Waals surface area contributed by atoms with Crippen molar-refractivity contribution in [2.75, 3.05) is 13.0 Å². The molecule has 0 bridgehead atoms. The van der Waals surface area contributed by atoms with Gasteiger partial charge in [-0.25, -0.2) is 13.1 Å². The molecular formula is C19H16Cl2N2O5S. The van der Waals surface area contributed by atoms with Crippen molar-refractivity contribution in [2.45, 2.75) is 11.8 Å². The van der Waals surface area contributed by atoms with Gasteiger partial charge in [0.25, 0.3) is 0 Å². The van der Waals surface area contributed by atoms with Crippen LogP contribution in [0.5, 0.6) is 5.75 Å². The Morgan fingerprint density at radius 2 is 1.79 bits per heavy atom. The molecule has 3 rings (SSSR count). The van der Waals surface area contributed by atoms with Gasteiger partial charge in [0.15, 0.2) is 11.1 Å². The van der Waals surface area contributed by atoms with E-state index in [4.69, 9.17) is 27.9 Å². The first kappa shape index (κ1) is 21.2. The van der Waals surface area contributed by atoms with Crippen LogP contribution in [0.25, 0.3) is 16.9 Å². The van der Waals surface area contributed by atoms with Crippen molar-refractivity contribution in [3.05, 3.63) is 58.7 Å². The second kappa shape index (κ2) is 8.44. The number of halogens is 2. The summed E-state index contributed by atoms with van der Waals surface area (Å²) in [5.41, 5.74) is 1.98. The van der Waals surface area contributed by atoms with Crippen molar-refractivity contribution in [1.29, 1.82) is 0 Å². The third kappa shape index (κ3) is 4.72. The van der Waals surface area contributed by atoms with Gasteiger partial charge in [-0.15, -0.1) is 0 Å². The normalized spacial score (nSPS) is 11.3. The summed E-state index contributed by atoms with van der Waals surface area (Å²) in [6, 6.07) is 12.9. The van der Waals surface area contributed by atoms with Gasteiger partial charge in [0, 0.05) is 18.6 Å². The van der Waals surface area contributed by atoms with E-state index >= 15 is 0 Å². The first-order valence-electron chi connectivity index (χ1n) is 8.27. The highest BCUT2D eigenvalue weighted by atomic mass is 35.5. The third-order valence-electron chi connectivity index (χ3n) is 3.99. The molecule has 1 aromatic heterocycles. The lowest BCUT2D eigenvalue weighted by molar-refractivity contribution is -0.138. The molecule has 0 aliphatic carbocycles. The molecule has 2 aromatic carbocycles. The Hall–Kier alpha value is -2.55. The van der Waals surface area contributed by atoms with Crippen LogP contribution in [0.1, 0.15) is 6.92 Å². The zero-order chi connectivity index (χ0) is 21.2. The molecule has 0 aliphatic rings. The van der Waals surface area contributed by atoms with E-state index in [-0.39, 0.29) is 10.0 Å². The molecular weight excluding hydrogens is 439 g/mol. The molecule has 0 radical (unpaired) electrons. The molecule has 0 atom stereocenters. The van der Waals surface area contributed by atoms with Gasteiger partial charge >= 0.3 is 5.97 Å². The molecule has 0 aliphatic heterocycles. The summed E-state index contributed by atoms with van der Waals surface area (Å²) >= 11 is 12.3. The SMILES string of the molecule is COc1ccc(-n2nc(Cl)cc2-c2ccc(S(=O)(=O)COC(C)=O)cc2)cc1Cl. The molecule has 0 spiro atoms. The summed E-state index contributed by atoms with van der Waals surface area (Å²) in [6.45, 7) is 1.15. The zero-order valence-corrected chi connectivity index (χ0v) is 17.8. The Bertz CT molecular complexity index is 1160. The van der Waals surface area contributed by atoms with Gasteiger partial charge in [-0.05, 0) is 30.3 Å². The number of ether oxygens (including phenoxy) is 2. The van der Waals surface area contributed by atoms with E-state index in [2.05, 4.69) is 9.84 Å². The van der Waals surface area contributed by atoms with Crippen LogP contribution in [0.4, 0.5) is 0 Å². The Morgan fingerprint density at radius 1 is 1.10 bits per heavy atom. The predicted octanol–water partition coefficient (Wildman–Crippen LogP) is 4.15. The molecule has 29 heavy (non-hydrogen) atoms. The average Bonchev–Trinajstić information content (AvgIpc) is 3.08. The molecule has 0 saturated carbocycles. The Morgan fingerprint density at radius 3 is 2.38 bits per heavy atom. The van der Waals surface area contributed by atoms with Crippen LogP contribution in [0.2, 0.25) is 10.2 Å². The maximum absolute atomic E-state index is 12.2. The van der Waals surface area contributed by atoms with Crippen LogP contribution in [0, 0.1) is 0 Å². The largest absolute Gasteiger partial charge is 0.495 e. The number of hydrogen-bond donors (Lipinski definition) is 0. The molecule has 1 heterocycles. The van der Waals surface area contributed by atoms with Crippen LogP contribution in [0.15, 0.2) is 53.4 Å². The number of benzene rings is 2. The van der Waals surface area contributed by atoms with Crippen LogP contribution in [0.3, 0.4) is 0 Å². The minimum atomic E-state index is -3.75. The summed E-state index contributed by atoms with van der Waals surface area (Å²) < 4.78 is 35.8. The van der Waals surface area contributed by atoms with Gasteiger partial charge in [-0.2, -0.15) is 5.10 Å². The molecule has 0 amide bonds. The predicted molar refractivity (Wildman–Crippen MR) is 109 cm³/mol. The zero-order valence-electron chi connectivity index (χ0n) is 15.4. The maximum Gasteiger partial charge on any atom is 0.303 e. The minimum absolute atomic E-state index is 0.0344. The Balaban J connectivity index is 1.96. The van der Waals surface area contributed by atoms with E-state index in [9.17, 15) is 13.2 Å². The number of sulfone groups is 1. The van der Waals surface area contributed by atoms with Gasteiger partial charge in [0.1, 0.15) is 5.75 Å². The van der Waals surface area contributed by atoms with Crippen LogP contribution < -0.4 is 4.74 Å². The van der Waals surface area contributed by atoms with Crippen LogP contribution >= 0.6 is 23.2 Å². The Kier molecular flexibility index (Phi) is 6.16. The summed E-state index contributed by atoms with van der Waals surface area (Å²) in [6.07, 6.45) is 0. The highest BCUT2D eigenvalue weighted by molar-refractivity contribution is 7.91. The van der Waals surface area contributed by atoms with Crippen LogP contribution in [-0.2, 0) is 19.4 Å². The van der Waals surface area contributed by atoms with E-state index in [1.807, 2.05) is 0 Å². The van der Waals surface area contributed by atoms with Crippen molar-refractivity contribution < 1.29 is 22.7 Å². The summed E-state index contributed by atoms with van der Waals surface area (Å²) in [4.78, 5) is 10.9. The third-order valence-corrected chi connectivity index (χ3v) is 5.88. The fourth-order valence-electron chi connectivity index (χ4n) is 2.60. The maximum atomic E-state index is 12.2. The quantitative estimate of drug-likeness (QED) is 0.519. The van der Waals surface area contributed by atoms with Gasteiger partial charge in [-0.3, -0.25) is 4.79 Å². The van der Waals surface area contributed by atoms with E-state index in [0.717, 1.165) is 6.92 Å². The second-order valence-electron chi connectivity index (χ2n) is 5.98. The van der Waals surface area contributed by atoms with Crippen LogP contribution in [-0.4, -0.2) is 37.2 Å². The molecule has 3 aromatic rings. The van der Waals surface area contributed by atoms with Crippen molar-refractivity contribution in [2.24, 2.45) is 0 Å². The number of aromatic nitrogens is 2. The summed E-state index contributed by atoms with van der Waals surface area (Å²) in [7, 11) is -2.23. The molecule has 0 saturated heterocycles. The first-order chi connectivity index (χ1) is 13.7. The molecule has 152 valence electrons. The molecule has 0 N–H and O–H groups in total. The summed E-state index contributed by atoms with van der Waals surface area (Å²) in [5.74, 6) is -0.852. The topological polar surface area (TPSA) is 87.5 Å². The number of carbonyl (C=O) groups is 1. The number of carbonyl (C=O) groups excluding carboxylic acids is 1. The van der Waals surface area contributed by atoms with Gasteiger partial charge in [-0.1, -0.05) is 35.3 Å². The fraction of sp³-hybridized carbons (Fsp3) is 0.158. The van der Waals surface area contributed by atoms with Crippen molar-refractivity contribution in [3.63, 3.8) is 0 Å². The lowest BCUT2D eigenvalue weighted by atomic mass is 10.1. The molecule has 7 nitrogen and oxygen atoms in total. The van der Waals surface area contributed by atoms with E-state index in [1.54, 1.807) is 41.1 Å². The molecule has 0 fully saturated rings. The minimum Gasteiger partial charge on any atom is -0.495 e. The number of hydrogen-bond acceptors (Lipinski definition) is 6. The lowest BCUT2D eigenvalue weighted by Gasteiger charge is -2.10. The summed E-state index contributed by atoms with van der Waals surface area (Å²) in [5, 5.41) is 4.95. The highest BCUT2D eigenvalue weighted by Crippen LogP contribution is 2.31. The van der Waals surface area contributed by atoms with E-state index < -0.39 is 21.7 Å². The van der Waals surface area contributed by atoms with E-state index in [0.29, 0.717) is 27.7 Å². The van der Waals surface area contributed by atoms with Gasteiger partial charge in [0.05, 0.1) is 28.4 Å². The lowest BCUT2D eigenvalue weighted by Crippen LogP contribution is -2.12. The van der Waals surface area contributed by atoms with Gasteiger partial charge < -0.3 is 9.47 Å². The highest BCUT2D eigenvalue weighted by Gasteiger charge is 2.18. The van der Waals surface area contributed by atoms with E-state index in [1.165, 1.54) is 19.2 Å². The standard InChI is InChI=1S/C19H16Cl2N2O5S/c1-12(24)28-11-29(25,26)15-6-3-13(4-7-15)17-10-19(21)22-23(17)14-5-8-18(27-2)16(20)9-14/h3-10H,11H2,1-2H3. The monoisotopic (exact) mass is 454 g/mol.